The highest BCUT2D eigenvalue weighted by Gasteiger charge is 2.50. The summed E-state index contributed by atoms with van der Waals surface area (Å²) in [7, 11) is 1.59. The Labute approximate surface area is 143 Å². The molecule has 2 saturated heterocycles. The van der Waals surface area contributed by atoms with Crippen molar-refractivity contribution >= 4 is 17.6 Å². The standard InChI is InChI=1S/C16H17FN4O2S/c1-22-14-5-13(19-10-20-14)21-8-16(9-21)6-11(7-24-16)23-15-12(17)3-2-4-18-15/h2-5,10-11H,6-9H2,1H3. The third-order valence-electron chi connectivity index (χ3n) is 4.30. The summed E-state index contributed by atoms with van der Waals surface area (Å²) in [5, 5.41) is 0. The SMILES string of the molecule is COc1cc(N2CC3(CC(Oc4ncccc4F)CS3)C2)ncn1. The molecule has 0 bridgehead atoms. The fraction of sp³-hybridized carbons (Fsp3) is 0.438. The van der Waals surface area contributed by atoms with E-state index in [2.05, 4.69) is 19.9 Å². The van der Waals surface area contributed by atoms with Crippen LogP contribution in [0.5, 0.6) is 11.8 Å². The summed E-state index contributed by atoms with van der Waals surface area (Å²) < 4.78 is 24.7. The van der Waals surface area contributed by atoms with Gasteiger partial charge in [-0.2, -0.15) is 0 Å². The topological polar surface area (TPSA) is 60.4 Å². The van der Waals surface area contributed by atoms with Crippen molar-refractivity contribution in [3.8, 4) is 11.8 Å². The Morgan fingerprint density at radius 1 is 1.33 bits per heavy atom. The molecule has 2 fully saturated rings. The Bertz CT molecular complexity index is 742. The molecule has 0 aliphatic carbocycles. The van der Waals surface area contributed by atoms with Crippen LogP contribution >= 0.6 is 11.8 Å². The first kappa shape index (κ1) is 15.4. The summed E-state index contributed by atoms with van der Waals surface area (Å²) in [4.78, 5) is 14.5. The Hall–Kier alpha value is -2.09. The molecule has 2 aliphatic heterocycles. The molecule has 0 saturated carbocycles. The Kier molecular flexibility index (Phi) is 3.91. The van der Waals surface area contributed by atoms with E-state index in [9.17, 15) is 4.39 Å². The molecule has 4 heterocycles. The predicted octanol–water partition coefficient (Wildman–Crippen LogP) is 2.16. The van der Waals surface area contributed by atoms with E-state index in [0.29, 0.717) is 5.88 Å². The van der Waals surface area contributed by atoms with Gasteiger partial charge in [-0.05, 0) is 12.1 Å². The van der Waals surface area contributed by atoms with Gasteiger partial charge in [0, 0.05) is 37.5 Å². The van der Waals surface area contributed by atoms with Crippen molar-refractivity contribution in [1.82, 2.24) is 15.0 Å². The van der Waals surface area contributed by atoms with E-state index in [-0.39, 0.29) is 16.7 Å². The highest BCUT2D eigenvalue weighted by Crippen LogP contribution is 2.47. The monoisotopic (exact) mass is 348 g/mol. The number of hydrogen-bond donors (Lipinski definition) is 0. The quantitative estimate of drug-likeness (QED) is 0.839. The molecule has 2 aromatic heterocycles. The van der Waals surface area contributed by atoms with Crippen molar-refractivity contribution in [2.24, 2.45) is 0 Å². The van der Waals surface area contributed by atoms with Gasteiger partial charge in [0.15, 0.2) is 5.82 Å². The molecule has 0 amide bonds. The molecule has 1 spiro atoms. The van der Waals surface area contributed by atoms with Gasteiger partial charge in [0.1, 0.15) is 18.2 Å². The van der Waals surface area contributed by atoms with E-state index in [1.165, 1.54) is 12.4 Å². The maximum atomic E-state index is 13.7. The summed E-state index contributed by atoms with van der Waals surface area (Å²) in [5.41, 5.74) is 0. The summed E-state index contributed by atoms with van der Waals surface area (Å²) in [5.74, 6) is 1.96. The lowest BCUT2D eigenvalue weighted by atomic mass is 9.93. The maximum absolute atomic E-state index is 13.7. The van der Waals surface area contributed by atoms with E-state index >= 15 is 0 Å². The lowest BCUT2D eigenvalue weighted by Gasteiger charge is -2.48. The summed E-state index contributed by atoms with van der Waals surface area (Å²) >= 11 is 1.88. The Morgan fingerprint density at radius 3 is 3.00 bits per heavy atom. The highest BCUT2D eigenvalue weighted by atomic mass is 32.2. The van der Waals surface area contributed by atoms with Gasteiger partial charge in [0.2, 0.25) is 5.88 Å². The molecular weight excluding hydrogens is 331 g/mol. The van der Waals surface area contributed by atoms with Gasteiger partial charge in [-0.15, -0.1) is 11.8 Å². The molecule has 0 aromatic carbocycles. The number of hydrogen-bond acceptors (Lipinski definition) is 7. The fourth-order valence-electron chi connectivity index (χ4n) is 3.14. The lowest BCUT2D eigenvalue weighted by Crippen LogP contribution is -2.59. The van der Waals surface area contributed by atoms with Crippen molar-refractivity contribution < 1.29 is 13.9 Å². The van der Waals surface area contributed by atoms with Crippen LogP contribution in [0, 0.1) is 5.82 Å². The Balaban J connectivity index is 1.37. The van der Waals surface area contributed by atoms with E-state index in [1.807, 2.05) is 17.8 Å². The van der Waals surface area contributed by atoms with Crippen molar-refractivity contribution in [2.75, 3.05) is 30.9 Å². The normalized spacial score (nSPS) is 21.6. The van der Waals surface area contributed by atoms with E-state index in [0.717, 1.165) is 31.1 Å². The molecule has 4 rings (SSSR count). The molecule has 0 N–H and O–H groups in total. The molecule has 126 valence electrons. The number of halogens is 1. The average Bonchev–Trinajstić information content (AvgIpc) is 3.00. The summed E-state index contributed by atoms with van der Waals surface area (Å²) in [6.07, 6.45) is 3.92. The minimum atomic E-state index is -0.410. The average molecular weight is 348 g/mol. The van der Waals surface area contributed by atoms with Crippen LogP contribution in [0.4, 0.5) is 10.2 Å². The molecule has 1 unspecified atom stereocenters. The fourth-order valence-corrected chi connectivity index (χ4v) is 4.66. The van der Waals surface area contributed by atoms with Crippen LogP contribution in [-0.4, -0.2) is 51.8 Å². The number of anilines is 1. The summed E-state index contributed by atoms with van der Waals surface area (Å²) in [6, 6.07) is 4.77. The molecule has 8 heteroatoms. The molecule has 1 atom stereocenters. The predicted molar refractivity (Wildman–Crippen MR) is 89.2 cm³/mol. The van der Waals surface area contributed by atoms with Gasteiger partial charge in [-0.1, -0.05) is 0 Å². The zero-order valence-corrected chi connectivity index (χ0v) is 14.0. The third-order valence-corrected chi connectivity index (χ3v) is 5.87. The van der Waals surface area contributed by atoms with Crippen LogP contribution in [-0.2, 0) is 0 Å². The molecule has 24 heavy (non-hydrogen) atoms. The van der Waals surface area contributed by atoms with Crippen molar-refractivity contribution in [3.05, 3.63) is 36.5 Å². The molecule has 6 nitrogen and oxygen atoms in total. The van der Waals surface area contributed by atoms with Crippen molar-refractivity contribution in [3.63, 3.8) is 0 Å². The number of pyridine rings is 1. The first-order valence-electron chi connectivity index (χ1n) is 7.70. The van der Waals surface area contributed by atoms with E-state index in [1.54, 1.807) is 19.4 Å². The van der Waals surface area contributed by atoms with Crippen molar-refractivity contribution in [2.45, 2.75) is 17.3 Å². The van der Waals surface area contributed by atoms with Gasteiger partial charge >= 0.3 is 0 Å². The zero-order valence-electron chi connectivity index (χ0n) is 13.2. The van der Waals surface area contributed by atoms with E-state index < -0.39 is 5.82 Å². The van der Waals surface area contributed by atoms with Crippen LogP contribution in [0.25, 0.3) is 0 Å². The van der Waals surface area contributed by atoms with Gasteiger partial charge in [0.05, 0.1) is 11.9 Å². The van der Waals surface area contributed by atoms with Crippen LogP contribution in [0.15, 0.2) is 30.7 Å². The number of thioether (sulfide) groups is 1. The number of nitrogens with zero attached hydrogens (tertiary/aromatic N) is 4. The second-order valence-electron chi connectivity index (χ2n) is 6.00. The number of ether oxygens (including phenoxy) is 2. The second-order valence-corrected chi connectivity index (χ2v) is 7.49. The van der Waals surface area contributed by atoms with Gasteiger partial charge in [-0.3, -0.25) is 0 Å². The number of rotatable bonds is 4. The molecular formula is C16H17FN4O2S. The smallest absolute Gasteiger partial charge is 0.250 e. The van der Waals surface area contributed by atoms with Gasteiger partial charge < -0.3 is 14.4 Å². The van der Waals surface area contributed by atoms with Crippen LogP contribution < -0.4 is 14.4 Å². The van der Waals surface area contributed by atoms with Crippen LogP contribution in [0.2, 0.25) is 0 Å². The largest absolute Gasteiger partial charge is 0.481 e. The maximum Gasteiger partial charge on any atom is 0.250 e. The Morgan fingerprint density at radius 2 is 2.21 bits per heavy atom. The van der Waals surface area contributed by atoms with Crippen LogP contribution in [0.1, 0.15) is 6.42 Å². The first-order chi connectivity index (χ1) is 11.7. The summed E-state index contributed by atoms with van der Waals surface area (Å²) in [6.45, 7) is 1.78. The van der Waals surface area contributed by atoms with E-state index in [4.69, 9.17) is 9.47 Å². The zero-order chi connectivity index (χ0) is 16.6. The minimum Gasteiger partial charge on any atom is -0.481 e. The number of aromatic nitrogens is 3. The van der Waals surface area contributed by atoms with Gasteiger partial charge in [-0.25, -0.2) is 19.3 Å². The first-order valence-corrected chi connectivity index (χ1v) is 8.68. The van der Waals surface area contributed by atoms with Crippen molar-refractivity contribution in [1.29, 1.82) is 0 Å². The highest BCUT2D eigenvalue weighted by molar-refractivity contribution is 8.01. The third kappa shape index (κ3) is 2.86. The second kappa shape index (κ2) is 6.08. The molecule has 0 radical (unpaired) electrons. The molecule has 2 aliphatic rings. The lowest BCUT2D eigenvalue weighted by molar-refractivity contribution is 0.185. The van der Waals surface area contributed by atoms with Crippen LogP contribution in [0.3, 0.4) is 0 Å². The number of methoxy groups -OCH3 is 1. The van der Waals surface area contributed by atoms with Gasteiger partial charge in [0.25, 0.3) is 5.88 Å². The molecule has 2 aromatic rings. The minimum absolute atomic E-state index is 0.0125.